The van der Waals surface area contributed by atoms with E-state index in [1.54, 1.807) is 23.7 Å². The molecule has 2 amide bonds. The van der Waals surface area contributed by atoms with Crippen molar-refractivity contribution in [2.24, 2.45) is 5.10 Å². The van der Waals surface area contributed by atoms with Crippen LogP contribution in [0.2, 0.25) is 0 Å². The lowest BCUT2D eigenvalue weighted by Gasteiger charge is -2.19. The van der Waals surface area contributed by atoms with Crippen LogP contribution in [0.15, 0.2) is 45.4 Å². The first-order chi connectivity index (χ1) is 14.5. The second-order valence-corrected chi connectivity index (χ2v) is 7.90. The molecule has 8 nitrogen and oxygen atoms in total. The van der Waals surface area contributed by atoms with Crippen molar-refractivity contribution in [3.63, 3.8) is 0 Å². The number of furan rings is 1. The number of amides is 2. The average molecular weight is 432 g/mol. The average Bonchev–Trinajstić information content (AvgIpc) is 3.48. The Morgan fingerprint density at radius 3 is 2.83 bits per heavy atom. The minimum absolute atomic E-state index is 0.0624. The van der Waals surface area contributed by atoms with E-state index in [-0.39, 0.29) is 30.9 Å². The molecule has 1 unspecified atom stereocenters. The molecule has 0 radical (unpaired) electrons. The number of unbranched alkanes of at least 4 members (excludes halogenated alkanes) is 2. The summed E-state index contributed by atoms with van der Waals surface area (Å²) in [4.78, 5) is 36.5. The number of hydrogen-bond donors (Lipinski definition) is 1. The highest BCUT2D eigenvalue weighted by Crippen LogP contribution is 2.34. The van der Waals surface area contributed by atoms with E-state index in [9.17, 15) is 14.4 Å². The Kier molecular flexibility index (Phi) is 7.78. The Morgan fingerprint density at radius 2 is 2.13 bits per heavy atom. The molecule has 3 rings (SSSR count). The smallest absolute Gasteiger partial charge is 0.306 e. The normalized spacial score (nSPS) is 15.7. The second kappa shape index (κ2) is 10.7. The fourth-order valence-electron chi connectivity index (χ4n) is 3.15. The number of nitrogens with one attached hydrogen (secondary N) is 1. The summed E-state index contributed by atoms with van der Waals surface area (Å²) in [6.45, 7) is 1.71. The number of carbonyl (C=O) groups excluding carboxylic acids is 3. The van der Waals surface area contributed by atoms with E-state index in [4.69, 9.17) is 9.15 Å². The fourth-order valence-corrected chi connectivity index (χ4v) is 3.87. The molecule has 30 heavy (non-hydrogen) atoms. The predicted molar refractivity (Wildman–Crippen MR) is 112 cm³/mol. The number of thiophene rings is 1. The Labute approximate surface area is 178 Å². The van der Waals surface area contributed by atoms with Crippen LogP contribution in [0.25, 0.3) is 0 Å². The maximum absolute atomic E-state index is 12.7. The number of esters is 1. The molecule has 1 aliphatic heterocycles. The number of carbonyl (C=O) groups is 3. The van der Waals surface area contributed by atoms with Crippen molar-refractivity contribution in [3.8, 4) is 0 Å². The number of ether oxygens (including phenoxy) is 1. The lowest BCUT2D eigenvalue weighted by atomic mass is 10.1. The van der Waals surface area contributed by atoms with Crippen LogP contribution in [0.1, 0.15) is 55.7 Å². The van der Waals surface area contributed by atoms with Crippen LogP contribution >= 0.6 is 11.3 Å². The first kappa shape index (κ1) is 21.8. The van der Waals surface area contributed by atoms with E-state index in [1.165, 1.54) is 11.9 Å². The molecule has 0 aromatic carbocycles. The van der Waals surface area contributed by atoms with E-state index in [0.717, 1.165) is 23.4 Å². The summed E-state index contributed by atoms with van der Waals surface area (Å²) in [5, 5.41) is 10.5. The van der Waals surface area contributed by atoms with E-state index in [2.05, 4.69) is 10.4 Å². The van der Waals surface area contributed by atoms with Crippen molar-refractivity contribution in [1.82, 2.24) is 10.3 Å². The summed E-state index contributed by atoms with van der Waals surface area (Å²) >= 11 is 1.56. The molecule has 160 valence electrons. The molecule has 1 aliphatic rings. The molecule has 2 aromatic heterocycles. The highest BCUT2D eigenvalue weighted by atomic mass is 32.1. The van der Waals surface area contributed by atoms with Crippen molar-refractivity contribution < 1.29 is 23.5 Å². The van der Waals surface area contributed by atoms with Gasteiger partial charge in [-0.3, -0.25) is 14.4 Å². The highest BCUT2D eigenvalue weighted by molar-refractivity contribution is 7.12. The molecule has 1 N–H and O–H groups in total. The SMILES string of the molecule is CC(=O)NCCCCCC(=O)OCC(=O)N1N=C(c2cccs2)CC1c1ccco1. The molecular formula is C21H25N3O5S. The zero-order valence-corrected chi connectivity index (χ0v) is 17.7. The molecular weight excluding hydrogens is 406 g/mol. The van der Waals surface area contributed by atoms with E-state index < -0.39 is 5.97 Å². The van der Waals surface area contributed by atoms with E-state index in [0.29, 0.717) is 25.1 Å². The Morgan fingerprint density at radius 1 is 1.27 bits per heavy atom. The van der Waals surface area contributed by atoms with Gasteiger partial charge in [0.15, 0.2) is 6.61 Å². The lowest BCUT2D eigenvalue weighted by Crippen LogP contribution is -2.31. The fraction of sp³-hybridized carbons (Fsp3) is 0.429. The molecule has 1 atom stereocenters. The quantitative estimate of drug-likeness (QED) is 0.460. The van der Waals surface area contributed by atoms with Crippen molar-refractivity contribution in [1.29, 1.82) is 0 Å². The van der Waals surface area contributed by atoms with Crippen LogP contribution in [0.5, 0.6) is 0 Å². The summed E-state index contributed by atoms with van der Waals surface area (Å²) in [6.07, 6.45) is 4.58. The first-order valence-corrected chi connectivity index (χ1v) is 10.8. The van der Waals surface area contributed by atoms with Gasteiger partial charge in [-0.15, -0.1) is 11.3 Å². The van der Waals surface area contributed by atoms with Crippen LogP contribution in [0.4, 0.5) is 0 Å². The topological polar surface area (TPSA) is 101 Å². The van der Waals surface area contributed by atoms with Gasteiger partial charge in [0.05, 0.1) is 16.9 Å². The lowest BCUT2D eigenvalue weighted by molar-refractivity contribution is -0.153. The maximum atomic E-state index is 12.7. The summed E-state index contributed by atoms with van der Waals surface area (Å²) in [5.74, 6) is -0.224. The van der Waals surface area contributed by atoms with Gasteiger partial charge in [0.1, 0.15) is 11.8 Å². The molecule has 0 aliphatic carbocycles. The molecule has 0 bridgehead atoms. The predicted octanol–water partition coefficient (Wildman–Crippen LogP) is 3.26. The summed E-state index contributed by atoms with van der Waals surface area (Å²) in [7, 11) is 0. The van der Waals surface area contributed by atoms with Gasteiger partial charge in [0.2, 0.25) is 5.91 Å². The van der Waals surface area contributed by atoms with Crippen molar-refractivity contribution in [2.45, 2.75) is 45.1 Å². The summed E-state index contributed by atoms with van der Waals surface area (Å²) in [5.41, 5.74) is 0.810. The third kappa shape index (κ3) is 6.03. The first-order valence-electron chi connectivity index (χ1n) is 9.91. The number of hydrogen-bond acceptors (Lipinski definition) is 7. The van der Waals surface area contributed by atoms with Crippen LogP contribution in [-0.4, -0.2) is 41.7 Å². The Hall–Kier alpha value is -2.94. The van der Waals surface area contributed by atoms with Gasteiger partial charge in [0, 0.05) is 26.3 Å². The van der Waals surface area contributed by atoms with Gasteiger partial charge in [-0.05, 0) is 36.4 Å². The van der Waals surface area contributed by atoms with Crippen LogP contribution in [0, 0.1) is 0 Å². The Balaban J connectivity index is 1.48. The molecule has 3 heterocycles. The van der Waals surface area contributed by atoms with Gasteiger partial charge < -0.3 is 14.5 Å². The molecule has 0 saturated carbocycles. The summed E-state index contributed by atoms with van der Waals surface area (Å²) < 4.78 is 10.6. The highest BCUT2D eigenvalue weighted by Gasteiger charge is 2.35. The Bertz CT molecular complexity index is 877. The molecule has 0 fully saturated rings. The maximum Gasteiger partial charge on any atom is 0.306 e. The largest absolute Gasteiger partial charge is 0.467 e. The van der Waals surface area contributed by atoms with Crippen molar-refractivity contribution >= 4 is 34.8 Å². The van der Waals surface area contributed by atoms with Gasteiger partial charge in [-0.25, -0.2) is 5.01 Å². The molecule has 9 heteroatoms. The number of nitrogens with zero attached hydrogens (tertiary/aromatic N) is 2. The monoisotopic (exact) mass is 431 g/mol. The molecule has 0 spiro atoms. The van der Waals surface area contributed by atoms with Crippen LogP contribution < -0.4 is 5.32 Å². The number of hydrazone groups is 1. The van der Waals surface area contributed by atoms with Gasteiger partial charge in [-0.2, -0.15) is 5.10 Å². The van der Waals surface area contributed by atoms with Crippen molar-refractivity contribution in [2.75, 3.05) is 13.2 Å². The molecule has 2 aromatic rings. The van der Waals surface area contributed by atoms with Gasteiger partial charge >= 0.3 is 5.97 Å². The minimum atomic E-state index is -0.418. The third-order valence-corrected chi connectivity index (χ3v) is 5.55. The van der Waals surface area contributed by atoms with Gasteiger partial charge in [0.25, 0.3) is 5.91 Å². The third-order valence-electron chi connectivity index (χ3n) is 4.63. The zero-order valence-electron chi connectivity index (χ0n) is 16.8. The van der Waals surface area contributed by atoms with E-state index in [1.807, 2.05) is 23.6 Å². The van der Waals surface area contributed by atoms with Crippen LogP contribution in [0.3, 0.4) is 0 Å². The molecule has 0 saturated heterocycles. The van der Waals surface area contributed by atoms with Crippen molar-refractivity contribution in [3.05, 3.63) is 46.5 Å². The number of rotatable bonds is 10. The van der Waals surface area contributed by atoms with E-state index >= 15 is 0 Å². The minimum Gasteiger partial charge on any atom is -0.467 e. The standard InChI is InChI=1S/C21H25N3O5S/c1-15(25)22-10-4-2-3-9-21(27)29-14-20(26)24-17(18-7-5-11-28-18)13-16(23-24)19-8-6-12-30-19/h5-8,11-12,17H,2-4,9-10,13-14H2,1H3,(H,22,25). The second-order valence-electron chi connectivity index (χ2n) is 6.95. The van der Waals surface area contributed by atoms with Crippen LogP contribution in [-0.2, 0) is 19.1 Å². The summed E-state index contributed by atoms with van der Waals surface area (Å²) in [6, 6.07) is 7.13. The zero-order chi connectivity index (χ0) is 21.3. The van der Waals surface area contributed by atoms with Gasteiger partial charge in [-0.1, -0.05) is 12.5 Å².